The zero-order valence-corrected chi connectivity index (χ0v) is 18.8. The van der Waals surface area contributed by atoms with Crippen LogP contribution >= 0.6 is 11.6 Å². The maximum absolute atomic E-state index is 13.7. The molecule has 168 valence electrons. The smallest absolute Gasteiger partial charge is 0.270 e. The summed E-state index contributed by atoms with van der Waals surface area (Å²) in [6.45, 7) is 2.66. The second kappa shape index (κ2) is 8.97. The molecule has 1 amide bonds. The minimum absolute atomic E-state index is 0.208. The quantitative estimate of drug-likeness (QED) is 0.525. The molecule has 3 unspecified atom stereocenters. The van der Waals surface area contributed by atoms with Crippen LogP contribution in [0.15, 0.2) is 42.9 Å². The number of H-pyrrole nitrogens is 1. The number of aliphatic hydroxyl groups is 1. The van der Waals surface area contributed by atoms with E-state index < -0.39 is 17.6 Å². The molecule has 9 heteroatoms. The highest BCUT2D eigenvalue weighted by Gasteiger charge is 2.43. The number of carbonyl (C=O) groups excluding carboxylic acids is 2. The second-order valence-electron chi connectivity index (χ2n) is 8.49. The van der Waals surface area contributed by atoms with Crippen molar-refractivity contribution in [3.05, 3.63) is 59.1 Å². The number of halogens is 1. The van der Waals surface area contributed by atoms with Gasteiger partial charge in [-0.05, 0) is 49.7 Å². The van der Waals surface area contributed by atoms with Gasteiger partial charge in [0.25, 0.3) is 5.91 Å². The lowest BCUT2D eigenvalue weighted by molar-refractivity contribution is -0.137. The molecule has 0 spiro atoms. The first-order valence-corrected chi connectivity index (χ1v) is 10.9. The summed E-state index contributed by atoms with van der Waals surface area (Å²) >= 11 is 6.32. The number of nitrogens with one attached hydrogen (secondary N) is 2. The SMILES string of the molecule is CN(C(=O)c1cc2cccnc2[nH]1)C(Cc1ccncc1Cl)C(=O)C1CNCCC1(C)O. The van der Waals surface area contributed by atoms with Crippen LogP contribution < -0.4 is 5.32 Å². The van der Waals surface area contributed by atoms with Crippen LogP contribution in [0.5, 0.6) is 0 Å². The van der Waals surface area contributed by atoms with E-state index in [-0.39, 0.29) is 18.1 Å². The Hall–Kier alpha value is -2.81. The third-order valence-corrected chi connectivity index (χ3v) is 6.60. The van der Waals surface area contributed by atoms with Crippen LogP contribution in [-0.4, -0.2) is 68.4 Å². The number of amides is 1. The van der Waals surface area contributed by atoms with E-state index in [9.17, 15) is 14.7 Å². The molecule has 0 aliphatic carbocycles. The average molecular weight is 456 g/mol. The van der Waals surface area contributed by atoms with Crippen LogP contribution in [-0.2, 0) is 11.2 Å². The first kappa shape index (κ1) is 22.4. The number of pyridine rings is 2. The summed E-state index contributed by atoms with van der Waals surface area (Å²) in [6.07, 6.45) is 5.44. The van der Waals surface area contributed by atoms with E-state index in [1.165, 1.54) is 11.1 Å². The predicted octanol–water partition coefficient (Wildman–Crippen LogP) is 2.22. The van der Waals surface area contributed by atoms with Gasteiger partial charge in [-0.15, -0.1) is 0 Å². The Labute approximate surface area is 191 Å². The fraction of sp³-hybridized carbons (Fsp3) is 0.391. The highest BCUT2D eigenvalue weighted by molar-refractivity contribution is 6.31. The molecule has 1 aliphatic rings. The molecule has 1 aliphatic heterocycles. The average Bonchev–Trinajstić information content (AvgIpc) is 3.21. The van der Waals surface area contributed by atoms with Crippen LogP contribution in [0, 0.1) is 5.92 Å². The first-order chi connectivity index (χ1) is 15.3. The summed E-state index contributed by atoms with van der Waals surface area (Å²) in [6, 6.07) is 6.30. The van der Waals surface area contributed by atoms with Gasteiger partial charge in [0.05, 0.1) is 22.6 Å². The maximum Gasteiger partial charge on any atom is 0.270 e. The summed E-state index contributed by atoms with van der Waals surface area (Å²) < 4.78 is 0. The molecule has 1 saturated heterocycles. The zero-order valence-electron chi connectivity index (χ0n) is 18.0. The lowest BCUT2D eigenvalue weighted by atomic mass is 9.77. The Kier molecular flexibility index (Phi) is 6.28. The third-order valence-electron chi connectivity index (χ3n) is 6.26. The molecule has 3 N–H and O–H groups in total. The maximum atomic E-state index is 13.7. The number of piperidine rings is 1. The van der Waals surface area contributed by atoms with E-state index in [0.717, 1.165) is 5.39 Å². The number of carbonyl (C=O) groups is 2. The number of Topliss-reactive ketones (excluding diaryl/α,β-unsaturated/α-hetero) is 1. The van der Waals surface area contributed by atoms with Crippen LogP contribution in [0.4, 0.5) is 0 Å². The Morgan fingerprint density at radius 2 is 2.19 bits per heavy atom. The summed E-state index contributed by atoms with van der Waals surface area (Å²) in [5, 5.41) is 15.3. The van der Waals surface area contributed by atoms with E-state index in [1.54, 1.807) is 44.6 Å². The summed E-state index contributed by atoms with van der Waals surface area (Å²) in [5.74, 6) is -1.20. The van der Waals surface area contributed by atoms with Crippen molar-refractivity contribution < 1.29 is 14.7 Å². The number of aromatic amines is 1. The van der Waals surface area contributed by atoms with Crippen molar-refractivity contribution in [1.29, 1.82) is 0 Å². The van der Waals surface area contributed by atoms with Crippen molar-refractivity contribution >= 4 is 34.3 Å². The van der Waals surface area contributed by atoms with E-state index >= 15 is 0 Å². The standard InChI is InChI=1S/C23H26ClN5O3/c1-23(32)6-9-26-12-16(23)20(30)19(11-14-5-8-25-13-17(14)24)29(2)22(31)18-10-15-4-3-7-27-21(15)28-18/h3-5,7-8,10,13,16,19,26,32H,6,9,11-12H2,1-2H3,(H,27,28). The summed E-state index contributed by atoms with van der Waals surface area (Å²) in [5.41, 5.74) is 0.496. The summed E-state index contributed by atoms with van der Waals surface area (Å²) in [7, 11) is 1.60. The normalized spacial score (nSPS) is 21.9. The van der Waals surface area contributed by atoms with Gasteiger partial charge in [-0.3, -0.25) is 14.6 Å². The van der Waals surface area contributed by atoms with E-state index in [4.69, 9.17) is 11.6 Å². The van der Waals surface area contributed by atoms with E-state index in [0.29, 0.717) is 41.4 Å². The number of likely N-dealkylation sites (N-methyl/N-ethyl adjacent to an activating group) is 1. The fourth-order valence-corrected chi connectivity index (χ4v) is 4.43. The van der Waals surface area contributed by atoms with Gasteiger partial charge in [0, 0.05) is 44.0 Å². The van der Waals surface area contributed by atoms with Crippen molar-refractivity contribution in [2.75, 3.05) is 20.1 Å². The van der Waals surface area contributed by atoms with Gasteiger partial charge in [-0.1, -0.05) is 11.6 Å². The van der Waals surface area contributed by atoms with Gasteiger partial charge in [0.1, 0.15) is 11.3 Å². The molecule has 1 fully saturated rings. The highest BCUT2D eigenvalue weighted by Crippen LogP contribution is 2.29. The Balaban J connectivity index is 1.68. The Bertz CT molecular complexity index is 1110. The Morgan fingerprint density at radius 1 is 1.38 bits per heavy atom. The number of nitrogens with zero attached hydrogens (tertiary/aromatic N) is 3. The molecule has 32 heavy (non-hydrogen) atoms. The highest BCUT2D eigenvalue weighted by atomic mass is 35.5. The van der Waals surface area contributed by atoms with Crippen molar-refractivity contribution in [2.45, 2.75) is 31.4 Å². The number of hydrogen-bond acceptors (Lipinski definition) is 6. The lowest BCUT2D eigenvalue weighted by Crippen LogP contribution is -2.57. The molecule has 3 aromatic rings. The molecule has 0 saturated carbocycles. The monoisotopic (exact) mass is 455 g/mol. The topological polar surface area (TPSA) is 111 Å². The second-order valence-corrected chi connectivity index (χ2v) is 8.90. The van der Waals surface area contributed by atoms with Crippen LogP contribution in [0.2, 0.25) is 5.02 Å². The molecule has 3 atom stereocenters. The number of aromatic nitrogens is 3. The number of fused-ring (bicyclic) bond motifs is 1. The molecular formula is C23H26ClN5O3. The van der Waals surface area contributed by atoms with Gasteiger partial charge in [0.15, 0.2) is 5.78 Å². The van der Waals surface area contributed by atoms with Crippen molar-refractivity contribution in [3.8, 4) is 0 Å². The third kappa shape index (κ3) is 4.39. The van der Waals surface area contributed by atoms with E-state index in [2.05, 4.69) is 20.3 Å². The number of ketones is 1. The molecule has 0 radical (unpaired) electrons. The van der Waals surface area contributed by atoms with Gasteiger partial charge in [-0.2, -0.15) is 0 Å². The summed E-state index contributed by atoms with van der Waals surface area (Å²) in [4.78, 5) is 39.8. The van der Waals surface area contributed by atoms with Crippen molar-refractivity contribution in [3.63, 3.8) is 0 Å². The van der Waals surface area contributed by atoms with Gasteiger partial charge in [0.2, 0.25) is 0 Å². The molecule has 4 heterocycles. The van der Waals surface area contributed by atoms with Crippen LogP contribution in [0.1, 0.15) is 29.4 Å². The van der Waals surface area contributed by atoms with Crippen molar-refractivity contribution in [2.24, 2.45) is 5.92 Å². The molecular weight excluding hydrogens is 430 g/mol. The predicted molar refractivity (Wildman–Crippen MR) is 122 cm³/mol. The van der Waals surface area contributed by atoms with Crippen LogP contribution in [0.25, 0.3) is 11.0 Å². The molecule has 0 bridgehead atoms. The minimum atomic E-state index is -1.16. The zero-order chi connectivity index (χ0) is 22.9. The largest absolute Gasteiger partial charge is 0.389 e. The fourth-order valence-electron chi connectivity index (χ4n) is 4.23. The lowest BCUT2D eigenvalue weighted by Gasteiger charge is -2.40. The molecule has 0 aromatic carbocycles. The minimum Gasteiger partial charge on any atom is -0.389 e. The molecule has 8 nitrogen and oxygen atoms in total. The van der Waals surface area contributed by atoms with Crippen LogP contribution in [0.3, 0.4) is 0 Å². The molecule has 3 aromatic heterocycles. The van der Waals surface area contributed by atoms with Crippen molar-refractivity contribution in [1.82, 2.24) is 25.2 Å². The molecule has 4 rings (SSSR count). The van der Waals surface area contributed by atoms with Gasteiger partial charge in [-0.25, -0.2) is 4.98 Å². The van der Waals surface area contributed by atoms with Gasteiger partial charge >= 0.3 is 0 Å². The van der Waals surface area contributed by atoms with Gasteiger partial charge < -0.3 is 20.3 Å². The van der Waals surface area contributed by atoms with E-state index in [1.807, 2.05) is 6.07 Å². The first-order valence-electron chi connectivity index (χ1n) is 10.5. The number of hydrogen-bond donors (Lipinski definition) is 3. The Morgan fingerprint density at radius 3 is 2.91 bits per heavy atom. The number of rotatable bonds is 6.